The summed E-state index contributed by atoms with van der Waals surface area (Å²) in [6.07, 6.45) is -3.11. The SMILES string of the molecule is CN1C(=O)NC(c2ccccc2C(F)(F)F)C2=C1CN(C(C(=O)NCc1ccccn1)c1ccccc1)C2=O. The Morgan fingerprint density at radius 2 is 1.74 bits per heavy atom. The second-order valence-electron chi connectivity index (χ2n) is 9.17. The number of pyridine rings is 1. The molecule has 3 aromatic rings. The first-order valence-corrected chi connectivity index (χ1v) is 12.1. The lowest BCUT2D eigenvalue weighted by Gasteiger charge is -2.32. The standard InChI is InChI=1S/C28H24F3N5O3/c1-35-21-16-36(24(17-9-3-2-4-10-17)25(37)33-15-18-11-7-8-14-32-18)26(38)22(21)23(34-27(35)39)19-12-5-6-13-20(19)28(29,30)31/h2-14,23-24H,15-16H2,1H3,(H,33,37)(H,34,39). The van der Waals surface area contributed by atoms with E-state index in [4.69, 9.17) is 0 Å². The van der Waals surface area contributed by atoms with Gasteiger partial charge in [-0.2, -0.15) is 13.2 Å². The van der Waals surface area contributed by atoms with Crippen LogP contribution < -0.4 is 10.6 Å². The van der Waals surface area contributed by atoms with Crippen molar-refractivity contribution in [1.82, 2.24) is 25.4 Å². The fourth-order valence-electron chi connectivity index (χ4n) is 4.92. The number of halogens is 3. The van der Waals surface area contributed by atoms with E-state index in [9.17, 15) is 27.6 Å². The van der Waals surface area contributed by atoms with Crippen LogP contribution in [0.5, 0.6) is 0 Å². The van der Waals surface area contributed by atoms with Gasteiger partial charge in [-0.15, -0.1) is 0 Å². The molecule has 0 fully saturated rings. The summed E-state index contributed by atoms with van der Waals surface area (Å²) in [5.41, 5.74) is 0.159. The van der Waals surface area contributed by atoms with Crippen molar-refractivity contribution < 1.29 is 27.6 Å². The van der Waals surface area contributed by atoms with E-state index in [1.165, 1.54) is 35.0 Å². The molecule has 0 saturated carbocycles. The Bertz CT molecular complexity index is 1440. The molecular formula is C28H24F3N5O3. The van der Waals surface area contributed by atoms with Crippen molar-refractivity contribution >= 4 is 17.8 Å². The molecule has 0 aliphatic carbocycles. The van der Waals surface area contributed by atoms with Crippen LogP contribution in [0.4, 0.5) is 18.0 Å². The Morgan fingerprint density at radius 3 is 2.44 bits per heavy atom. The molecule has 0 saturated heterocycles. The second kappa shape index (κ2) is 10.2. The zero-order valence-corrected chi connectivity index (χ0v) is 20.8. The van der Waals surface area contributed by atoms with Crippen LogP contribution >= 0.6 is 0 Å². The monoisotopic (exact) mass is 535 g/mol. The maximum atomic E-state index is 13.9. The lowest BCUT2D eigenvalue weighted by Crippen LogP contribution is -2.45. The van der Waals surface area contributed by atoms with Gasteiger partial charge in [0.2, 0.25) is 5.91 Å². The van der Waals surface area contributed by atoms with E-state index in [1.54, 1.807) is 54.7 Å². The molecule has 2 aliphatic heterocycles. The van der Waals surface area contributed by atoms with Gasteiger partial charge in [-0.25, -0.2) is 4.79 Å². The number of nitrogens with one attached hydrogen (secondary N) is 2. The van der Waals surface area contributed by atoms with Crippen molar-refractivity contribution in [3.05, 3.63) is 113 Å². The first kappa shape index (κ1) is 26.0. The molecule has 2 aromatic carbocycles. The zero-order valence-electron chi connectivity index (χ0n) is 20.8. The highest BCUT2D eigenvalue weighted by Crippen LogP contribution is 2.43. The molecule has 0 radical (unpaired) electrons. The number of urea groups is 1. The third-order valence-electron chi connectivity index (χ3n) is 6.81. The zero-order chi connectivity index (χ0) is 27.7. The maximum absolute atomic E-state index is 13.9. The van der Waals surface area contributed by atoms with Gasteiger partial charge < -0.3 is 15.5 Å². The summed E-state index contributed by atoms with van der Waals surface area (Å²) in [4.78, 5) is 47.0. The average molecular weight is 536 g/mol. The van der Waals surface area contributed by atoms with Crippen LogP contribution in [-0.2, 0) is 22.3 Å². The fraction of sp³-hybridized carbons (Fsp3) is 0.214. The van der Waals surface area contributed by atoms with Crippen LogP contribution in [0.3, 0.4) is 0 Å². The van der Waals surface area contributed by atoms with Gasteiger partial charge >= 0.3 is 12.2 Å². The molecule has 1 aromatic heterocycles. The number of rotatable bonds is 6. The fourth-order valence-corrected chi connectivity index (χ4v) is 4.92. The number of amides is 4. The summed E-state index contributed by atoms with van der Waals surface area (Å²) in [5, 5.41) is 5.35. The molecule has 39 heavy (non-hydrogen) atoms. The van der Waals surface area contributed by atoms with Gasteiger partial charge in [0, 0.05) is 13.2 Å². The summed E-state index contributed by atoms with van der Waals surface area (Å²) < 4.78 is 41.6. The number of alkyl halides is 3. The van der Waals surface area contributed by atoms with Gasteiger partial charge in [-0.3, -0.25) is 19.5 Å². The first-order chi connectivity index (χ1) is 18.7. The third kappa shape index (κ3) is 4.95. The van der Waals surface area contributed by atoms with Gasteiger partial charge in [-0.05, 0) is 29.3 Å². The number of nitrogens with zero attached hydrogens (tertiary/aromatic N) is 3. The minimum absolute atomic E-state index is 0.00717. The summed E-state index contributed by atoms with van der Waals surface area (Å²) in [6, 6.07) is 15.6. The molecule has 4 amide bonds. The van der Waals surface area contributed by atoms with Crippen LogP contribution in [0.1, 0.15) is 34.5 Å². The minimum atomic E-state index is -4.70. The summed E-state index contributed by atoms with van der Waals surface area (Å²) >= 11 is 0. The lowest BCUT2D eigenvalue weighted by molar-refractivity contribution is -0.138. The van der Waals surface area contributed by atoms with Crippen LogP contribution in [0.15, 0.2) is 90.3 Å². The average Bonchev–Trinajstić information content (AvgIpc) is 3.27. The Labute approximate surface area is 222 Å². The number of aromatic nitrogens is 1. The van der Waals surface area contributed by atoms with E-state index >= 15 is 0 Å². The highest BCUT2D eigenvalue weighted by atomic mass is 19.4. The molecule has 2 atom stereocenters. The first-order valence-electron chi connectivity index (χ1n) is 12.1. The number of carbonyl (C=O) groups is 3. The van der Waals surface area contributed by atoms with Gasteiger partial charge in [-0.1, -0.05) is 54.6 Å². The van der Waals surface area contributed by atoms with E-state index in [-0.39, 0.29) is 29.9 Å². The Kier molecular flexibility index (Phi) is 6.81. The van der Waals surface area contributed by atoms with Gasteiger partial charge in [0.15, 0.2) is 0 Å². The molecule has 5 rings (SSSR count). The lowest BCUT2D eigenvalue weighted by atomic mass is 9.91. The molecule has 2 unspecified atom stereocenters. The quantitative estimate of drug-likeness (QED) is 0.500. The van der Waals surface area contributed by atoms with Crippen molar-refractivity contribution in [2.45, 2.75) is 24.8 Å². The molecule has 0 bridgehead atoms. The largest absolute Gasteiger partial charge is 0.416 e. The van der Waals surface area contributed by atoms with Crippen LogP contribution in [0.25, 0.3) is 0 Å². The highest BCUT2D eigenvalue weighted by Gasteiger charge is 2.48. The van der Waals surface area contributed by atoms with Gasteiger partial charge in [0.25, 0.3) is 5.91 Å². The second-order valence-corrected chi connectivity index (χ2v) is 9.17. The predicted molar refractivity (Wildman–Crippen MR) is 134 cm³/mol. The van der Waals surface area contributed by atoms with E-state index in [0.717, 1.165) is 6.07 Å². The Hall–Kier alpha value is -4.67. The van der Waals surface area contributed by atoms with E-state index in [2.05, 4.69) is 15.6 Å². The normalized spacial score (nSPS) is 18.1. The maximum Gasteiger partial charge on any atom is 0.416 e. The van der Waals surface area contributed by atoms with Crippen molar-refractivity contribution in [2.24, 2.45) is 0 Å². The molecule has 3 heterocycles. The number of likely N-dealkylation sites (N-methyl/N-ethyl adjacent to an activating group) is 1. The number of benzene rings is 2. The molecule has 0 spiro atoms. The smallest absolute Gasteiger partial charge is 0.348 e. The number of hydrogen-bond donors (Lipinski definition) is 2. The third-order valence-corrected chi connectivity index (χ3v) is 6.81. The Morgan fingerprint density at radius 1 is 1.05 bits per heavy atom. The highest BCUT2D eigenvalue weighted by molar-refractivity contribution is 6.03. The van der Waals surface area contributed by atoms with Gasteiger partial charge in [0.1, 0.15) is 6.04 Å². The van der Waals surface area contributed by atoms with Crippen molar-refractivity contribution in [3.63, 3.8) is 0 Å². The number of carbonyl (C=O) groups excluding carboxylic acids is 3. The Balaban J connectivity index is 1.52. The van der Waals surface area contributed by atoms with Crippen LogP contribution in [0.2, 0.25) is 0 Å². The van der Waals surface area contributed by atoms with Crippen LogP contribution in [-0.4, -0.2) is 46.2 Å². The molecule has 11 heteroatoms. The van der Waals surface area contributed by atoms with Crippen molar-refractivity contribution in [2.75, 3.05) is 13.6 Å². The van der Waals surface area contributed by atoms with E-state index in [1.807, 2.05) is 0 Å². The predicted octanol–water partition coefficient (Wildman–Crippen LogP) is 3.95. The van der Waals surface area contributed by atoms with E-state index in [0.29, 0.717) is 11.3 Å². The summed E-state index contributed by atoms with van der Waals surface area (Å²) in [7, 11) is 1.44. The topological polar surface area (TPSA) is 94.6 Å². The molecular weight excluding hydrogens is 511 g/mol. The van der Waals surface area contributed by atoms with E-state index < -0.39 is 41.7 Å². The minimum Gasteiger partial charge on any atom is -0.348 e. The number of hydrogen-bond acceptors (Lipinski definition) is 4. The molecule has 2 N–H and O–H groups in total. The summed E-state index contributed by atoms with van der Waals surface area (Å²) in [6.45, 7) is -0.0287. The molecule has 200 valence electrons. The van der Waals surface area contributed by atoms with Gasteiger partial charge in [0.05, 0.1) is 41.7 Å². The molecule has 2 aliphatic rings. The summed E-state index contributed by atoms with van der Waals surface area (Å²) in [5.74, 6) is -1.13. The van der Waals surface area contributed by atoms with Crippen molar-refractivity contribution in [3.8, 4) is 0 Å². The van der Waals surface area contributed by atoms with Crippen LogP contribution in [0, 0.1) is 0 Å². The van der Waals surface area contributed by atoms with Crippen molar-refractivity contribution in [1.29, 1.82) is 0 Å². The molecule has 8 nitrogen and oxygen atoms in total.